The van der Waals surface area contributed by atoms with E-state index in [1.165, 1.54) is 0 Å². The highest BCUT2D eigenvalue weighted by Crippen LogP contribution is 2.32. The fourth-order valence-electron chi connectivity index (χ4n) is 3.21. The molecule has 0 spiro atoms. The Balaban J connectivity index is 0.00000145. The molecule has 1 aliphatic carbocycles. The molecular formula is C25H31NO3. The Morgan fingerprint density at radius 3 is 2.31 bits per heavy atom. The Morgan fingerprint density at radius 1 is 1.03 bits per heavy atom. The van der Waals surface area contributed by atoms with Crippen LogP contribution in [0.3, 0.4) is 0 Å². The number of phenols is 1. The molecule has 0 aliphatic heterocycles. The lowest BCUT2D eigenvalue weighted by Crippen LogP contribution is -2.24. The van der Waals surface area contributed by atoms with Crippen molar-refractivity contribution in [3.63, 3.8) is 0 Å². The zero-order valence-corrected chi connectivity index (χ0v) is 18.0. The van der Waals surface area contributed by atoms with Gasteiger partial charge in [-0.05, 0) is 80.1 Å². The molecule has 0 heterocycles. The molecule has 4 heteroatoms. The summed E-state index contributed by atoms with van der Waals surface area (Å²) < 4.78 is 6.03. The van der Waals surface area contributed by atoms with Gasteiger partial charge in [0, 0.05) is 5.70 Å². The normalized spacial score (nSPS) is 12.5. The molecule has 3 rings (SSSR count). The first-order valence-corrected chi connectivity index (χ1v) is 10.2. The summed E-state index contributed by atoms with van der Waals surface area (Å²) in [5.41, 5.74) is 4.54. The maximum Gasteiger partial charge on any atom is 0.228 e. The van der Waals surface area contributed by atoms with Crippen molar-refractivity contribution in [3.8, 4) is 17.2 Å². The van der Waals surface area contributed by atoms with E-state index in [0.717, 1.165) is 46.5 Å². The topological polar surface area (TPSA) is 58.6 Å². The number of hydrogen-bond donors (Lipinski definition) is 2. The fraction of sp³-hybridized carbons (Fsp3) is 0.320. The average molecular weight is 394 g/mol. The number of benzene rings is 2. The summed E-state index contributed by atoms with van der Waals surface area (Å²) in [6.45, 7) is 9.79. The van der Waals surface area contributed by atoms with Gasteiger partial charge in [0.05, 0.1) is 6.42 Å². The van der Waals surface area contributed by atoms with Gasteiger partial charge >= 0.3 is 0 Å². The number of carbonyl (C=O) groups is 1. The van der Waals surface area contributed by atoms with E-state index in [1.54, 1.807) is 18.2 Å². The molecule has 2 aromatic rings. The van der Waals surface area contributed by atoms with Gasteiger partial charge < -0.3 is 15.2 Å². The molecule has 2 aromatic carbocycles. The monoisotopic (exact) mass is 393 g/mol. The first kappa shape index (κ1) is 22.3. The van der Waals surface area contributed by atoms with E-state index in [2.05, 4.69) is 11.4 Å². The Labute approximate surface area is 173 Å². The molecule has 1 amide bonds. The van der Waals surface area contributed by atoms with Crippen LogP contribution in [0.2, 0.25) is 0 Å². The summed E-state index contributed by atoms with van der Waals surface area (Å²) in [5.74, 6) is 1.69. The van der Waals surface area contributed by atoms with Gasteiger partial charge in [0.25, 0.3) is 0 Å². The van der Waals surface area contributed by atoms with Crippen molar-refractivity contribution in [2.75, 3.05) is 0 Å². The lowest BCUT2D eigenvalue weighted by molar-refractivity contribution is -0.119. The maximum absolute atomic E-state index is 12.3. The molecule has 0 fully saturated rings. The van der Waals surface area contributed by atoms with Crippen LogP contribution >= 0.6 is 0 Å². The second kappa shape index (κ2) is 10.5. The highest BCUT2D eigenvalue weighted by atomic mass is 16.5. The minimum Gasteiger partial charge on any atom is -0.508 e. The SMILES string of the molecule is CC.Cc1cc(Oc2c(C)cc(CC(=O)NC3=CCCC=C3)cc2C)ccc1O. The molecule has 0 bridgehead atoms. The van der Waals surface area contributed by atoms with E-state index in [0.29, 0.717) is 12.2 Å². The van der Waals surface area contributed by atoms with Gasteiger partial charge in [-0.25, -0.2) is 0 Å². The van der Waals surface area contributed by atoms with Gasteiger partial charge in [-0.1, -0.05) is 38.1 Å². The lowest BCUT2D eigenvalue weighted by atomic mass is 10.0. The average Bonchev–Trinajstić information content (AvgIpc) is 2.70. The van der Waals surface area contributed by atoms with Crippen LogP contribution in [0.4, 0.5) is 0 Å². The highest BCUT2D eigenvalue weighted by molar-refractivity contribution is 5.81. The second-order valence-electron chi connectivity index (χ2n) is 6.97. The third-order valence-corrected chi connectivity index (χ3v) is 4.55. The third-order valence-electron chi connectivity index (χ3n) is 4.55. The smallest absolute Gasteiger partial charge is 0.228 e. The van der Waals surface area contributed by atoms with E-state index in [4.69, 9.17) is 4.74 Å². The standard InChI is InChI=1S/C23H25NO3.C2H6/c1-15-13-20(9-10-21(15)25)27-23-16(2)11-18(12-17(23)3)14-22(26)24-19-7-5-4-6-8-19;1-2/h5,7-13,25H,4,6,14H2,1-3H3,(H,24,26);1-2H3. The van der Waals surface area contributed by atoms with Gasteiger partial charge in [-0.2, -0.15) is 0 Å². The van der Waals surface area contributed by atoms with Crippen LogP contribution in [-0.2, 0) is 11.2 Å². The van der Waals surface area contributed by atoms with E-state index >= 15 is 0 Å². The van der Waals surface area contributed by atoms with Crippen LogP contribution in [0.5, 0.6) is 17.2 Å². The highest BCUT2D eigenvalue weighted by Gasteiger charge is 2.12. The van der Waals surface area contributed by atoms with Crippen LogP contribution in [0.15, 0.2) is 54.3 Å². The molecule has 29 heavy (non-hydrogen) atoms. The summed E-state index contributed by atoms with van der Waals surface area (Å²) in [5, 5.41) is 12.6. The van der Waals surface area contributed by atoms with E-state index in [-0.39, 0.29) is 11.7 Å². The predicted octanol–water partition coefficient (Wildman–Crippen LogP) is 6.03. The predicted molar refractivity (Wildman–Crippen MR) is 118 cm³/mol. The molecular weight excluding hydrogens is 362 g/mol. The molecule has 0 atom stereocenters. The number of aryl methyl sites for hydroxylation is 3. The Bertz CT molecular complexity index is 903. The summed E-state index contributed by atoms with van der Waals surface area (Å²) in [4.78, 5) is 12.3. The van der Waals surface area contributed by atoms with Crippen LogP contribution in [-0.4, -0.2) is 11.0 Å². The second-order valence-corrected chi connectivity index (χ2v) is 6.97. The van der Waals surface area contributed by atoms with Crippen molar-refractivity contribution in [1.82, 2.24) is 5.32 Å². The van der Waals surface area contributed by atoms with Crippen molar-refractivity contribution >= 4 is 5.91 Å². The quantitative estimate of drug-likeness (QED) is 0.652. The van der Waals surface area contributed by atoms with Crippen LogP contribution < -0.4 is 10.1 Å². The number of nitrogens with one attached hydrogen (secondary N) is 1. The van der Waals surface area contributed by atoms with Gasteiger partial charge in [0.15, 0.2) is 0 Å². The Kier molecular flexibility index (Phi) is 8.08. The third kappa shape index (κ3) is 6.24. The molecule has 0 saturated carbocycles. The number of aromatic hydroxyl groups is 1. The maximum atomic E-state index is 12.3. The Hall–Kier alpha value is -3.01. The molecule has 0 unspecified atom stereocenters. The van der Waals surface area contributed by atoms with Gasteiger partial charge in [0.1, 0.15) is 17.2 Å². The van der Waals surface area contributed by atoms with Crippen molar-refractivity contribution in [2.24, 2.45) is 0 Å². The summed E-state index contributed by atoms with van der Waals surface area (Å²) >= 11 is 0. The first-order chi connectivity index (χ1) is 13.9. The van der Waals surface area contributed by atoms with Crippen molar-refractivity contribution < 1.29 is 14.6 Å². The lowest BCUT2D eigenvalue weighted by Gasteiger charge is -2.15. The molecule has 0 radical (unpaired) electrons. The molecule has 0 saturated heterocycles. The molecule has 154 valence electrons. The summed E-state index contributed by atoms with van der Waals surface area (Å²) in [6, 6.07) is 9.15. The molecule has 1 aliphatic rings. The summed E-state index contributed by atoms with van der Waals surface area (Å²) in [6.07, 6.45) is 8.39. The van der Waals surface area contributed by atoms with Gasteiger partial charge in [-0.3, -0.25) is 4.79 Å². The molecule has 4 nitrogen and oxygen atoms in total. The number of carbonyl (C=O) groups excluding carboxylic acids is 1. The van der Waals surface area contributed by atoms with Crippen LogP contribution in [0, 0.1) is 20.8 Å². The van der Waals surface area contributed by atoms with Crippen molar-refractivity contribution in [1.29, 1.82) is 0 Å². The van der Waals surface area contributed by atoms with Gasteiger partial charge in [0.2, 0.25) is 5.91 Å². The van der Waals surface area contributed by atoms with Crippen LogP contribution in [0.25, 0.3) is 0 Å². The number of amides is 1. The van der Waals surface area contributed by atoms with E-state index in [9.17, 15) is 9.90 Å². The van der Waals surface area contributed by atoms with Crippen molar-refractivity contribution in [2.45, 2.75) is 53.9 Å². The molecule has 0 aromatic heterocycles. The van der Waals surface area contributed by atoms with Crippen molar-refractivity contribution in [3.05, 3.63) is 76.5 Å². The number of ether oxygens (including phenoxy) is 1. The number of allylic oxidation sites excluding steroid dienone is 3. The number of rotatable bonds is 5. The zero-order chi connectivity index (χ0) is 21.4. The molecule has 2 N–H and O–H groups in total. The largest absolute Gasteiger partial charge is 0.508 e. The summed E-state index contributed by atoms with van der Waals surface area (Å²) in [7, 11) is 0. The Morgan fingerprint density at radius 2 is 1.72 bits per heavy atom. The van der Waals surface area contributed by atoms with E-state index in [1.807, 2.05) is 58.9 Å². The zero-order valence-electron chi connectivity index (χ0n) is 18.0. The minimum atomic E-state index is -0.0190. The van der Waals surface area contributed by atoms with Crippen LogP contribution in [0.1, 0.15) is 48.9 Å². The fourth-order valence-corrected chi connectivity index (χ4v) is 3.21. The van der Waals surface area contributed by atoms with Gasteiger partial charge in [-0.15, -0.1) is 0 Å². The van der Waals surface area contributed by atoms with E-state index < -0.39 is 0 Å². The number of phenolic OH excluding ortho intramolecular Hbond substituents is 1. The first-order valence-electron chi connectivity index (χ1n) is 10.2. The number of hydrogen-bond acceptors (Lipinski definition) is 3. The minimum absolute atomic E-state index is 0.0190.